The molecule has 15 heavy (non-hydrogen) atoms. The van der Waals surface area contributed by atoms with Gasteiger partial charge in [-0.25, -0.2) is 0 Å². The summed E-state index contributed by atoms with van der Waals surface area (Å²) in [6.07, 6.45) is 3.62. The van der Waals surface area contributed by atoms with Gasteiger partial charge in [0.1, 0.15) is 0 Å². The lowest BCUT2D eigenvalue weighted by Gasteiger charge is -2.03. The van der Waals surface area contributed by atoms with Gasteiger partial charge in [-0.3, -0.25) is 0 Å². The molecule has 0 aliphatic rings. The van der Waals surface area contributed by atoms with Crippen molar-refractivity contribution in [3.8, 4) is 0 Å². The molecule has 0 atom stereocenters. The van der Waals surface area contributed by atoms with Gasteiger partial charge < -0.3 is 16.4 Å². The summed E-state index contributed by atoms with van der Waals surface area (Å²) in [6.45, 7) is 7.36. The van der Waals surface area contributed by atoms with Gasteiger partial charge in [0.2, 0.25) is 0 Å². The summed E-state index contributed by atoms with van der Waals surface area (Å²) >= 11 is 0. The van der Waals surface area contributed by atoms with Crippen LogP contribution in [0.5, 0.6) is 0 Å². The van der Waals surface area contributed by atoms with Crippen LogP contribution in [0.3, 0.4) is 0 Å². The normalized spacial score (nSPS) is 8.40. The Kier molecular flexibility index (Phi) is 39.9. The molecular formula is C9H26Cl3N3. The smallest absolute Gasteiger partial charge is 0.00369 e. The maximum absolute atomic E-state index is 5.36. The SMILES string of the molecule is CCNCCCCNCCCN.Cl.Cl.Cl. The zero-order valence-corrected chi connectivity index (χ0v) is 11.9. The Morgan fingerprint density at radius 1 is 0.800 bits per heavy atom. The number of hydrogen-bond acceptors (Lipinski definition) is 3. The average molecular weight is 283 g/mol. The third-order valence-electron chi connectivity index (χ3n) is 1.76. The van der Waals surface area contributed by atoms with Crippen molar-refractivity contribution in [3.63, 3.8) is 0 Å². The molecule has 0 aromatic heterocycles. The van der Waals surface area contributed by atoms with Crippen molar-refractivity contribution >= 4 is 37.2 Å². The lowest BCUT2D eigenvalue weighted by Crippen LogP contribution is -2.21. The van der Waals surface area contributed by atoms with E-state index in [1.165, 1.54) is 12.8 Å². The minimum atomic E-state index is 0. The van der Waals surface area contributed by atoms with Crippen LogP contribution in [-0.2, 0) is 0 Å². The summed E-state index contributed by atoms with van der Waals surface area (Å²) in [7, 11) is 0. The van der Waals surface area contributed by atoms with Crippen molar-refractivity contribution in [1.29, 1.82) is 0 Å². The molecule has 0 aliphatic heterocycles. The van der Waals surface area contributed by atoms with Gasteiger partial charge in [-0.1, -0.05) is 6.92 Å². The van der Waals surface area contributed by atoms with Crippen LogP contribution in [0, 0.1) is 0 Å². The van der Waals surface area contributed by atoms with Crippen LogP contribution in [-0.4, -0.2) is 32.7 Å². The number of unbranched alkanes of at least 4 members (excludes halogenated alkanes) is 1. The lowest BCUT2D eigenvalue weighted by molar-refractivity contribution is 0.583. The molecule has 4 N–H and O–H groups in total. The third-order valence-corrected chi connectivity index (χ3v) is 1.76. The van der Waals surface area contributed by atoms with E-state index in [4.69, 9.17) is 5.73 Å². The Hall–Kier alpha value is 0.750. The first-order chi connectivity index (χ1) is 5.91. The van der Waals surface area contributed by atoms with E-state index in [2.05, 4.69) is 17.6 Å². The number of rotatable bonds is 9. The quantitative estimate of drug-likeness (QED) is 0.563. The molecule has 0 saturated carbocycles. The summed E-state index contributed by atoms with van der Waals surface area (Å²) in [5, 5.41) is 6.66. The number of hydrogen-bond donors (Lipinski definition) is 3. The van der Waals surface area contributed by atoms with Crippen LogP contribution in [0.15, 0.2) is 0 Å². The van der Waals surface area contributed by atoms with Crippen molar-refractivity contribution in [1.82, 2.24) is 10.6 Å². The third kappa shape index (κ3) is 25.2. The molecule has 0 radical (unpaired) electrons. The summed E-state index contributed by atoms with van der Waals surface area (Å²) in [5.74, 6) is 0. The molecule has 0 unspecified atom stereocenters. The van der Waals surface area contributed by atoms with E-state index >= 15 is 0 Å². The highest BCUT2D eigenvalue weighted by Crippen LogP contribution is 1.84. The van der Waals surface area contributed by atoms with Gasteiger partial charge in [-0.15, -0.1) is 37.2 Å². The first-order valence-electron chi connectivity index (χ1n) is 5.03. The van der Waals surface area contributed by atoms with Gasteiger partial charge in [0.05, 0.1) is 0 Å². The molecule has 0 rings (SSSR count). The van der Waals surface area contributed by atoms with E-state index < -0.39 is 0 Å². The van der Waals surface area contributed by atoms with E-state index in [9.17, 15) is 0 Å². The lowest BCUT2D eigenvalue weighted by atomic mass is 10.3. The molecule has 98 valence electrons. The zero-order valence-electron chi connectivity index (χ0n) is 9.46. The molecule has 0 aliphatic carbocycles. The molecule has 6 heteroatoms. The minimum Gasteiger partial charge on any atom is -0.330 e. The highest BCUT2D eigenvalue weighted by atomic mass is 35.5. The minimum absolute atomic E-state index is 0. The molecule has 0 aromatic rings. The molecule has 0 amide bonds. The molecule has 3 nitrogen and oxygen atoms in total. The molecular weight excluding hydrogens is 256 g/mol. The van der Waals surface area contributed by atoms with Crippen LogP contribution < -0.4 is 16.4 Å². The van der Waals surface area contributed by atoms with Gasteiger partial charge in [-0.2, -0.15) is 0 Å². The maximum atomic E-state index is 5.36. The molecule has 0 spiro atoms. The van der Waals surface area contributed by atoms with Gasteiger partial charge in [-0.05, 0) is 52.0 Å². The zero-order chi connectivity index (χ0) is 9.07. The highest BCUT2D eigenvalue weighted by molar-refractivity contribution is 5.86. The fourth-order valence-electron chi connectivity index (χ4n) is 1.03. The van der Waals surface area contributed by atoms with E-state index in [1.54, 1.807) is 0 Å². The summed E-state index contributed by atoms with van der Waals surface area (Å²) in [6, 6.07) is 0. The maximum Gasteiger partial charge on any atom is -0.00369 e. The Morgan fingerprint density at radius 2 is 1.27 bits per heavy atom. The second kappa shape index (κ2) is 24.1. The predicted molar refractivity (Wildman–Crippen MR) is 76.1 cm³/mol. The van der Waals surface area contributed by atoms with Gasteiger partial charge in [0, 0.05) is 0 Å². The average Bonchev–Trinajstić information content (AvgIpc) is 2.10. The van der Waals surface area contributed by atoms with Crippen molar-refractivity contribution in [3.05, 3.63) is 0 Å². The highest BCUT2D eigenvalue weighted by Gasteiger charge is 1.87. The standard InChI is InChI=1S/C9H23N3.3ClH/c1-2-11-7-3-4-8-12-9-5-6-10;;;/h11-12H,2-10H2,1H3;3*1H. The van der Waals surface area contributed by atoms with E-state index in [1.807, 2.05) is 0 Å². The van der Waals surface area contributed by atoms with Crippen molar-refractivity contribution in [2.45, 2.75) is 26.2 Å². The summed E-state index contributed by atoms with van der Waals surface area (Å²) in [5.41, 5.74) is 5.36. The Morgan fingerprint density at radius 3 is 1.73 bits per heavy atom. The van der Waals surface area contributed by atoms with Gasteiger partial charge in [0.15, 0.2) is 0 Å². The second-order valence-electron chi connectivity index (χ2n) is 2.95. The van der Waals surface area contributed by atoms with E-state index in [0.29, 0.717) is 0 Å². The van der Waals surface area contributed by atoms with E-state index in [-0.39, 0.29) is 37.2 Å². The van der Waals surface area contributed by atoms with Crippen LogP contribution in [0.25, 0.3) is 0 Å². The Labute approximate surface area is 113 Å². The molecule has 0 heterocycles. The van der Waals surface area contributed by atoms with Crippen LogP contribution in [0.1, 0.15) is 26.2 Å². The van der Waals surface area contributed by atoms with Gasteiger partial charge in [0.25, 0.3) is 0 Å². The fourth-order valence-corrected chi connectivity index (χ4v) is 1.03. The largest absolute Gasteiger partial charge is 0.330 e. The Bertz CT molecular complexity index is 77.0. The predicted octanol–water partition coefficient (Wildman–Crippen LogP) is 1.58. The fraction of sp³-hybridized carbons (Fsp3) is 1.00. The second-order valence-corrected chi connectivity index (χ2v) is 2.95. The first kappa shape index (κ1) is 24.8. The summed E-state index contributed by atoms with van der Waals surface area (Å²) < 4.78 is 0. The number of nitrogens with one attached hydrogen (secondary N) is 2. The number of halogens is 3. The number of nitrogens with two attached hydrogens (primary N) is 1. The van der Waals surface area contributed by atoms with Crippen molar-refractivity contribution in [2.24, 2.45) is 5.73 Å². The molecule has 0 saturated heterocycles. The molecule has 0 bridgehead atoms. The Balaban J connectivity index is -0.000000202. The van der Waals surface area contributed by atoms with Crippen molar-refractivity contribution < 1.29 is 0 Å². The monoisotopic (exact) mass is 281 g/mol. The van der Waals surface area contributed by atoms with Gasteiger partial charge >= 0.3 is 0 Å². The van der Waals surface area contributed by atoms with E-state index in [0.717, 1.165) is 39.1 Å². The first-order valence-corrected chi connectivity index (χ1v) is 5.03. The van der Waals surface area contributed by atoms with Crippen molar-refractivity contribution in [2.75, 3.05) is 32.7 Å². The molecule has 0 aromatic carbocycles. The van der Waals surface area contributed by atoms with Crippen LogP contribution in [0.4, 0.5) is 0 Å². The van der Waals surface area contributed by atoms with Crippen LogP contribution >= 0.6 is 37.2 Å². The van der Waals surface area contributed by atoms with Crippen LogP contribution in [0.2, 0.25) is 0 Å². The summed E-state index contributed by atoms with van der Waals surface area (Å²) in [4.78, 5) is 0. The topological polar surface area (TPSA) is 50.1 Å². The molecule has 0 fully saturated rings.